The maximum atomic E-state index is 11.5. The van der Waals surface area contributed by atoms with Crippen molar-refractivity contribution in [3.05, 3.63) is 33.4 Å². The van der Waals surface area contributed by atoms with E-state index < -0.39 is 11.5 Å². The highest BCUT2D eigenvalue weighted by Gasteiger charge is 2.41. The summed E-state index contributed by atoms with van der Waals surface area (Å²) in [7, 11) is 0. The van der Waals surface area contributed by atoms with Crippen LogP contribution in [0.1, 0.15) is 31.7 Å². The zero-order valence-corrected chi connectivity index (χ0v) is 12.7. The SMILES string of the molecule is CC1(C(=O)O)CCCCN1Cc1cccc(I)c1. The molecule has 0 aromatic heterocycles. The average Bonchev–Trinajstić information content (AvgIpc) is 2.32. The van der Waals surface area contributed by atoms with Crippen LogP contribution in [0.3, 0.4) is 0 Å². The Morgan fingerprint density at radius 3 is 2.94 bits per heavy atom. The molecule has 1 atom stereocenters. The van der Waals surface area contributed by atoms with E-state index in [0.29, 0.717) is 0 Å². The lowest BCUT2D eigenvalue weighted by Crippen LogP contribution is -2.54. The topological polar surface area (TPSA) is 40.5 Å². The van der Waals surface area contributed by atoms with Gasteiger partial charge in [-0.25, -0.2) is 0 Å². The largest absolute Gasteiger partial charge is 0.480 e. The quantitative estimate of drug-likeness (QED) is 0.844. The molecule has 1 heterocycles. The van der Waals surface area contributed by atoms with E-state index in [1.807, 2.05) is 13.0 Å². The van der Waals surface area contributed by atoms with Gasteiger partial charge in [-0.1, -0.05) is 12.1 Å². The summed E-state index contributed by atoms with van der Waals surface area (Å²) in [5.74, 6) is -0.701. The number of aliphatic carboxylic acids is 1. The zero-order chi connectivity index (χ0) is 13.2. The molecule has 2 rings (SSSR count). The van der Waals surface area contributed by atoms with E-state index in [1.54, 1.807) is 0 Å². The van der Waals surface area contributed by atoms with Crippen molar-refractivity contribution in [3.63, 3.8) is 0 Å². The molecule has 0 radical (unpaired) electrons. The van der Waals surface area contributed by atoms with Crippen LogP contribution in [0.15, 0.2) is 24.3 Å². The van der Waals surface area contributed by atoms with E-state index in [9.17, 15) is 9.90 Å². The third-order valence-electron chi connectivity index (χ3n) is 3.76. The molecule has 0 spiro atoms. The second kappa shape index (κ2) is 5.57. The van der Waals surface area contributed by atoms with Gasteiger partial charge >= 0.3 is 5.97 Å². The van der Waals surface area contributed by atoms with Gasteiger partial charge < -0.3 is 5.11 Å². The Kier molecular flexibility index (Phi) is 4.27. The first kappa shape index (κ1) is 13.8. The highest BCUT2D eigenvalue weighted by atomic mass is 127. The number of hydrogen-bond acceptors (Lipinski definition) is 2. The van der Waals surface area contributed by atoms with Crippen molar-refractivity contribution in [2.24, 2.45) is 0 Å². The minimum absolute atomic E-state index is 0.701. The summed E-state index contributed by atoms with van der Waals surface area (Å²) >= 11 is 2.29. The van der Waals surface area contributed by atoms with Crippen LogP contribution in [0.4, 0.5) is 0 Å². The monoisotopic (exact) mass is 359 g/mol. The summed E-state index contributed by atoms with van der Waals surface area (Å²) < 4.78 is 1.19. The van der Waals surface area contributed by atoms with Crippen molar-refractivity contribution in [1.29, 1.82) is 0 Å². The van der Waals surface area contributed by atoms with Gasteiger partial charge in [0.15, 0.2) is 0 Å². The summed E-state index contributed by atoms with van der Waals surface area (Å²) in [6.45, 7) is 3.44. The third-order valence-corrected chi connectivity index (χ3v) is 4.43. The van der Waals surface area contributed by atoms with Crippen LogP contribution in [0.25, 0.3) is 0 Å². The molecule has 1 aromatic carbocycles. The fourth-order valence-corrected chi connectivity index (χ4v) is 3.14. The number of piperidine rings is 1. The number of hydrogen-bond donors (Lipinski definition) is 1. The Labute approximate surface area is 121 Å². The van der Waals surface area contributed by atoms with Crippen LogP contribution in [-0.4, -0.2) is 28.1 Å². The number of carbonyl (C=O) groups is 1. The second-order valence-electron chi connectivity index (χ2n) is 5.09. The summed E-state index contributed by atoms with van der Waals surface area (Å²) in [5, 5.41) is 9.46. The fraction of sp³-hybridized carbons (Fsp3) is 0.500. The Morgan fingerprint density at radius 2 is 2.28 bits per heavy atom. The van der Waals surface area contributed by atoms with Crippen LogP contribution >= 0.6 is 22.6 Å². The maximum Gasteiger partial charge on any atom is 0.323 e. The van der Waals surface area contributed by atoms with Crippen molar-refractivity contribution in [1.82, 2.24) is 4.90 Å². The van der Waals surface area contributed by atoms with E-state index in [0.717, 1.165) is 32.4 Å². The van der Waals surface area contributed by atoms with Gasteiger partial charge in [-0.2, -0.15) is 0 Å². The molecule has 0 amide bonds. The van der Waals surface area contributed by atoms with Gasteiger partial charge in [0.25, 0.3) is 0 Å². The molecule has 0 aliphatic carbocycles. The van der Waals surface area contributed by atoms with Crippen molar-refractivity contribution >= 4 is 28.6 Å². The Balaban J connectivity index is 2.18. The first-order chi connectivity index (χ1) is 8.52. The lowest BCUT2D eigenvalue weighted by atomic mass is 9.88. The number of halogens is 1. The second-order valence-corrected chi connectivity index (χ2v) is 6.33. The summed E-state index contributed by atoms with van der Waals surface area (Å²) in [6, 6.07) is 8.27. The van der Waals surface area contributed by atoms with E-state index in [4.69, 9.17) is 0 Å². The smallest absolute Gasteiger partial charge is 0.323 e. The average molecular weight is 359 g/mol. The molecule has 1 N–H and O–H groups in total. The molecule has 1 aromatic rings. The summed E-state index contributed by atoms with van der Waals surface area (Å²) in [5.41, 5.74) is 0.482. The molecule has 4 heteroatoms. The van der Waals surface area contributed by atoms with Crippen molar-refractivity contribution < 1.29 is 9.90 Å². The molecule has 18 heavy (non-hydrogen) atoms. The Bertz CT molecular complexity index is 449. The molecule has 3 nitrogen and oxygen atoms in total. The van der Waals surface area contributed by atoms with Crippen LogP contribution in [0.5, 0.6) is 0 Å². The molecular weight excluding hydrogens is 341 g/mol. The van der Waals surface area contributed by atoms with Gasteiger partial charge in [-0.3, -0.25) is 9.69 Å². The van der Waals surface area contributed by atoms with Crippen molar-refractivity contribution in [2.45, 2.75) is 38.3 Å². The van der Waals surface area contributed by atoms with Crippen molar-refractivity contribution in [2.75, 3.05) is 6.54 Å². The summed E-state index contributed by atoms with van der Waals surface area (Å²) in [4.78, 5) is 13.6. The van der Waals surface area contributed by atoms with Crippen LogP contribution in [-0.2, 0) is 11.3 Å². The number of nitrogens with zero attached hydrogens (tertiary/aromatic N) is 1. The third kappa shape index (κ3) is 2.85. The molecule has 1 fully saturated rings. The molecule has 1 aliphatic rings. The van der Waals surface area contributed by atoms with E-state index in [2.05, 4.69) is 45.7 Å². The van der Waals surface area contributed by atoms with Gasteiger partial charge in [-0.05, 0) is 73.0 Å². The van der Waals surface area contributed by atoms with Gasteiger partial charge in [-0.15, -0.1) is 0 Å². The molecule has 0 bridgehead atoms. The van der Waals surface area contributed by atoms with E-state index >= 15 is 0 Å². The first-order valence-electron chi connectivity index (χ1n) is 6.25. The van der Waals surface area contributed by atoms with Gasteiger partial charge in [0.1, 0.15) is 5.54 Å². The van der Waals surface area contributed by atoms with Gasteiger partial charge in [0, 0.05) is 10.1 Å². The molecule has 1 aliphatic heterocycles. The number of carboxylic acid groups (broad SMARTS) is 1. The maximum absolute atomic E-state index is 11.5. The normalized spacial score (nSPS) is 25.0. The highest BCUT2D eigenvalue weighted by molar-refractivity contribution is 14.1. The molecular formula is C14H18INO2. The van der Waals surface area contributed by atoms with Crippen LogP contribution < -0.4 is 0 Å². The Hall–Kier alpha value is -0.620. The Morgan fingerprint density at radius 1 is 1.50 bits per heavy atom. The van der Waals surface area contributed by atoms with Gasteiger partial charge in [0.2, 0.25) is 0 Å². The van der Waals surface area contributed by atoms with Crippen LogP contribution in [0.2, 0.25) is 0 Å². The minimum Gasteiger partial charge on any atom is -0.480 e. The predicted octanol–water partition coefficient (Wildman–Crippen LogP) is 3.12. The lowest BCUT2D eigenvalue weighted by molar-refractivity contribution is -0.153. The predicted molar refractivity (Wildman–Crippen MR) is 79.5 cm³/mol. The van der Waals surface area contributed by atoms with Crippen LogP contribution in [0, 0.1) is 3.57 Å². The van der Waals surface area contributed by atoms with Gasteiger partial charge in [0.05, 0.1) is 0 Å². The lowest BCUT2D eigenvalue weighted by Gasteiger charge is -2.41. The highest BCUT2D eigenvalue weighted by Crippen LogP contribution is 2.29. The standard InChI is InChI=1S/C14H18INO2/c1-14(13(17)18)7-2-3-8-16(14)10-11-5-4-6-12(15)9-11/h4-6,9H,2-3,7-8,10H2,1H3,(H,17,18). The van der Waals surface area contributed by atoms with E-state index in [1.165, 1.54) is 9.13 Å². The molecule has 1 saturated heterocycles. The zero-order valence-electron chi connectivity index (χ0n) is 10.5. The molecule has 98 valence electrons. The number of benzene rings is 1. The van der Waals surface area contributed by atoms with E-state index in [-0.39, 0.29) is 0 Å². The number of rotatable bonds is 3. The molecule has 1 unspecified atom stereocenters. The number of likely N-dealkylation sites (tertiary alicyclic amines) is 1. The molecule has 0 saturated carbocycles. The first-order valence-corrected chi connectivity index (χ1v) is 7.33. The fourth-order valence-electron chi connectivity index (χ4n) is 2.53. The summed E-state index contributed by atoms with van der Waals surface area (Å²) in [6.07, 6.45) is 2.84. The number of carboxylic acids is 1. The minimum atomic E-state index is -0.709. The van der Waals surface area contributed by atoms with Crippen molar-refractivity contribution in [3.8, 4) is 0 Å².